The molecule has 1 aliphatic rings. The summed E-state index contributed by atoms with van der Waals surface area (Å²) >= 11 is 0. The lowest BCUT2D eigenvalue weighted by Crippen LogP contribution is -2.44. The molecule has 2 N–H and O–H groups in total. The highest BCUT2D eigenvalue weighted by atomic mass is 35.5. The number of pyridine rings is 1. The molecule has 0 aliphatic carbocycles. The topological polar surface area (TPSA) is 64.3 Å². The molecule has 2 atom stereocenters. The summed E-state index contributed by atoms with van der Waals surface area (Å²) in [4.78, 5) is 15.3. The Morgan fingerprint density at radius 2 is 2.11 bits per heavy atom. The number of fused-ring (bicyclic) bond motifs is 1. The van der Waals surface area contributed by atoms with E-state index in [2.05, 4.69) is 44.4 Å². The van der Waals surface area contributed by atoms with E-state index in [0.717, 1.165) is 55.0 Å². The first kappa shape index (κ1) is 20.1. The van der Waals surface area contributed by atoms with Crippen molar-refractivity contribution in [2.75, 3.05) is 18.0 Å². The van der Waals surface area contributed by atoms with Gasteiger partial charge in [-0.2, -0.15) is 0 Å². The largest absolute Gasteiger partial charge is 0.341 e. The second kappa shape index (κ2) is 8.59. The molecule has 7 heteroatoms. The van der Waals surface area contributed by atoms with E-state index in [9.17, 15) is 0 Å². The number of aromatic nitrogens is 3. The second-order valence-electron chi connectivity index (χ2n) is 7.10. The molecule has 1 saturated heterocycles. The predicted octanol–water partition coefficient (Wildman–Crippen LogP) is 4.33. The third kappa shape index (κ3) is 3.68. The summed E-state index contributed by atoms with van der Waals surface area (Å²) in [7, 11) is 0. The van der Waals surface area contributed by atoms with E-state index >= 15 is 0 Å². The molecule has 1 aliphatic heterocycles. The van der Waals surface area contributed by atoms with E-state index in [1.807, 2.05) is 18.2 Å². The maximum Gasteiger partial charge on any atom is 0.207 e. The van der Waals surface area contributed by atoms with Gasteiger partial charge in [-0.1, -0.05) is 25.1 Å². The number of nitrogens with two attached hydrogens (primary N) is 1. The molecular weight excluding hydrogens is 372 g/mol. The van der Waals surface area contributed by atoms with Crippen LogP contribution in [0.15, 0.2) is 42.6 Å². The number of hydrogen-bond acceptors (Lipinski definition) is 4. The zero-order valence-corrected chi connectivity index (χ0v) is 16.8. The van der Waals surface area contributed by atoms with Crippen molar-refractivity contribution >= 4 is 35.1 Å². The maximum absolute atomic E-state index is 7.15. The minimum atomic E-state index is 0. The van der Waals surface area contributed by atoms with Crippen molar-refractivity contribution in [1.29, 1.82) is 0 Å². The van der Waals surface area contributed by atoms with Crippen molar-refractivity contribution in [3.05, 3.63) is 59.7 Å². The summed E-state index contributed by atoms with van der Waals surface area (Å²) in [5.41, 5.74) is 9.85. The highest BCUT2D eigenvalue weighted by Crippen LogP contribution is 2.33. The molecule has 0 radical (unpaired) electrons. The van der Waals surface area contributed by atoms with Gasteiger partial charge >= 0.3 is 0 Å². The summed E-state index contributed by atoms with van der Waals surface area (Å²) in [5, 5.41) is 0. The van der Waals surface area contributed by atoms with Crippen molar-refractivity contribution in [3.63, 3.8) is 0 Å². The monoisotopic (exact) mass is 396 g/mol. The zero-order chi connectivity index (χ0) is 18.8. The zero-order valence-electron chi connectivity index (χ0n) is 16.0. The van der Waals surface area contributed by atoms with E-state index in [1.165, 1.54) is 0 Å². The van der Waals surface area contributed by atoms with Crippen LogP contribution in [0.25, 0.3) is 15.9 Å². The lowest BCUT2D eigenvalue weighted by Gasteiger charge is -2.33. The molecule has 0 amide bonds. The van der Waals surface area contributed by atoms with Crippen LogP contribution in [0.3, 0.4) is 0 Å². The molecular formula is C21H25ClN6. The number of nitrogens with zero attached hydrogens (tertiary/aromatic N) is 5. The van der Waals surface area contributed by atoms with E-state index in [0.29, 0.717) is 5.69 Å². The number of anilines is 1. The molecule has 6 nitrogen and oxygen atoms in total. The van der Waals surface area contributed by atoms with Gasteiger partial charge in [-0.3, -0.25) is 4.98 Å². The number of hydrogen-bond donors (Lipinski definition) is 1. The maximum atomic E-state index is 7.15. The van der Waals surface area contributed by atoms with Crippen LogP contribution < -0.4 is 10.6 Å². The molecule has 0 saturated carbocycles. The van der Waals surface area contributed by atoms with Gasteiger partial charge < -0.3 is 15.2 Å². The Kier molecular flexibility index (Phi) is 6.18. The number of imidazole rings is 1. The van der Waals surface area contributed by atoms with Crippen LogP contribution in [0.1, 0.15) is 37.9 Å². The first-order valence-electron chi connectivity index (χ1n) is 9.52. The number of piperidine rings is 1. The summed E-state index contributed by atoms with van der Waals surface area (Å²) in [6.07, 6.45) is 4.69. The number of rotatable bonds is 4. The Balaban J connectivity index is 0.00000225. The van der Waals surface area contributed by atoms with E-state index in [4.69, 9.17) is 17.3 Å². The molecule has 1 aromatic carbocycles. The van der Waals surface area contributed by atoms with Crippen molar-refractivity contribution in [3.8, 4) is 0 Å². The average Bonchev–Trinajstić information content (AvgIpc) is 3.09. The predicted molar refractivity (Wildman–Crippen MR) is 115 cm³/mol. The van der Waals surface area contributed by atoms with Crippen LogP contribution in [-0.4, -0.2) is 33.7 Å². The molecule has 0 spiro atoms. The smallest absolute Gasteiger partial charge is 0.207 e. The van der Waals surface area contributed by atoms with Crippen LogP contribution in [0.5, 0.6) is 0 Å². The summed E-state index contributed by atoms with van der Waals surface area (Å²) in [5.74, 6) is 0.967. The summed E-state index contributed by atoms with van der Waals surface area (Å²) in [6, 6.07) is 12.3. The summed E-state index contributed by atoms with van der Waals surface area (Å²) < 4.78 is 2.30. The molecule has 146 valence electrons. The van der Waals surface area contributed by atoms with Gasteiger partial charge in [-0.25, -0.2) is 9.83 Å². The Morgan fingerprint density at radius 1 is 1.29 bits per heavy atom. The standard InChI is InChI=1S/C21H24N6.ClH/c1-3-19(17-11-10-16(23-2)13-24-17)27-20-9-5-4-8-18(20)25-21(27)26-12-6-7-15(22)14-26;/h4-5,8-11,13,15,19H,3,6-7,12,14,22H2,1H3;1H/t15-,19-;/m0./s1. The molecule has 3 heterocycles. The van der Waals surface area contributed by atoms with Gasteiger partial charge in [-0.05, 0) is 37.5 Å². The van der Waals surface area contributed by atoms with E-state index < -0.39 is 0 Å². The minimum absolute atomic E-state index is 0. The fourth-order valence-electron chi connectivity index (χ4n) is 3.94. The van der Waals surface area contributed by atoms with Crippen molar-refractivity contribution < 1.29 is 0 Å². The van der Waals surface area contributed by atoms with Gasteiger partial charge in [0.05, 0.1) is 29.3 Å². The highest BCUT2D eigenvalue weighted by molar-refractivity contribution is 5.85. The van der Waals surface area contributed by atoms with Crippen LogP contribution in [-0.2, 0) is 0 Å². The van der Waals surface area contributed by atoms with Crippen molar-refractivity contribution in [2.24, 2.45) is 5.73 Å². The van der Waals surface area contributed by atoms with Gasteiger partial charge in [0.15, 0.2) is 0 Å². The first-order chi connectivity index (χ1) is 13.2. The van der Waals surface area contributed by atoms with E-state index in [-0.39, 0.29) is 24.5 Å². The quantitative estimate of drug-likeness (QED) is 0.666. The van der Waals surface area contributed by atoms with E-state index in [1.54, 1.807) is 6.20 Å². The molecule has 1 fully saturated rings. The molecule has 2 aromatic heterocycles. The number of para-hydroxylation sites is 2. The molecule has 0 unspecified atom stereocenters. The lowest BCUT2D eigenvalue weighted by atomic mass is 10.1. The first-order valence-corrected chi connectivity index (χ1v) is 9.52. The van der Waals surface area contributed by atoms with Crippen LogP contribution in [0.4, 0.5) is 11.6 Å². The van der Waals surface area contributed by atoms with Gasteiger partial charge in [0.25, 0.3) is 0 Å². The van der Waals surface area contributed by atoms with Gasteiger partial charge in [0, 0.05) is 25.3 Å². The molecule has 28 heavy (non-hydrogen) atoms. The lowest BCUT2D eigenvalue weighted by molar-refractivity contribution is 0.482. The fourth-order valence-corrected chi connectivity index (χ4v) is 3.94. The van der Waals surface area contributed by atoms with Crippen LogP contribution in [0, 0.1) is 6.57 Å². The normalized spacial score (nSPS) is 17.8. The number of halogens is 1. The number of benzene rings is 1. The van der Waals surface area contributed by atoms with Crippen LogP contribution >= 0.6 is 12.4 Å². The SMILES string of the molecule is Cl.[C-]#[N+]c1ccc([C@H](CC)n2c(N3CCC[C@H](N)C3)nc3ccccc32)nc1. The Labute approximate surface area is 171 Å². The average molecular weight is 397 g/mol. The van der Waals surface area contributed by atoms with Gasteiger partial charge in [0.1, 0.15) is 0 Å². The Hall–Kier alpha value is -2.62. The Morgan fingerprint density at radius 3 is 2.79 bits per heavy atom. The van der Waals surface area contributed by atoms with Gasteiger partial charge in [-0.15, -0.1) is 12.4 Å². The summed E-state index contributed by atoms with van der Waals surface area (Å²) in [6.45, 7) is 11.1. The highest BCUT2D eigenvalue weighted by Gasteiger charge is 2.26. The van der Waals surface area contributed by atoms with Crippen molar-refractivity contribution in [1.82, 2.24) is 14.5 Å². The van der Waals surface area contributed by atoms with Crippen molar-refractivity contribution in [2.45, 2.75) is 38.3 Å². The third-order valence-electron chi connectivity index (χ3n) is 5.26. The Bertz CT molecular complexity index is 975. The molecule has 4 rings (SSSR count). The second-order valence-corrected chi connectivity index (χ2v) is 7.10. The fraction of sp³-hybridized carbons (Fsp3) is 0.381. The molecule has 0 bridgehead atoms. The third-order valence-corrected chi connectivity index (χ3v) is 5.26. The molecule has 3 aromatic rings. The minimum Gasteiger partial charge on any atom is -0.341 e. The van der Waals surface area contributed by atoms with Crippen LogP contribution in [0.2, 0.25) is 0 Å². The van der Waals surface area contributed by atoms with Gasteiger partial charge in [0.2, 0.25) is 11.6 Å².